The van der Waals surface area contributed by atoms with Crippen molar-refractivity contribution in [2.45, 2.75) is 90.9 Å². The largest absolute Gasteiger partial charge is 3.00 e. The first kappa shape index (κ1) is 25.7. The molecule has 0 N–H and O–H groups in total. The van der Waals surface area contributed by atoms with Crippen LogP contribution in [-0.4, -0.2) is 37.8 Å². The number of hydrogen-bond donors (Lipinski definition) is 0. The number of unbranched alkanes of at least 4 members (excludes halogenated alkanes) is 10. The smallest absolute Gasteiger partial charge is 0.550 e. The molecular formula is C16H30InO4+. The Morgan fingerprint density at radius 2 is 1.00 bits per heavy atom. The van der Waals surface area contributed by atoms with Crippen molar-refractivity contribution < 1.29 is 19.8 Å². The van der Waals surface area contributed by atoms with Gasteiger partial charge in [-0.15, -0.1) is 0 Å². The van der Waals surface area contributed by atoms with Crippen molar-refractivity contribution >= 4 is 37.8 Å². The van der Waals surface area contributed by atoms with Crippen LogP contribution in [0.15, 0.2) is 0 Å². The fourth-order valence-electron chi connectivity index (χ4n) is 1.93. The van der Waals surface area contributed by atoms with Crippen molar-refractivity contribution in [1.29, 1.82) is 0 Å². The second-order valence-electron chi connectivity index (χ2n) is 5.15. The molecule has 0 rings (SSSR count). The summed E-state index contributed by atoms with van der Waals surface area (Å²) in [4.78, 5) is 19.0. The molecule has 0 saturated heterocycles. The molecule has 0 aliphatic carbocycles. The van der Waals surface area contributed by atoms with Crippen LogP contribution >= 0.6 is 0 Å². The standard InChI is InChI=1S/C14H28O2.C2H4O2.In/c1-2-3-4-5-6-7-8-9-10-11-12-13-14(15)16;1-2(3)4;/h2-13H2,1H3,(H,15,16);1H3,(H,3,4);/q;;+3/p-2. The Bertz CT molecular complexity index is 228. The molecule has 120 valence electrons. The Labute approximate surface area is 148 Å². The molecular weight excluding hydrogens is 371 g/mol. The SMILES string of the molecule is CC(=O)[O-].CCCCCCCCCCCCCC(=O)[O-].[In+3]. The zero-order valence-corrected chi connectivity index (χ0v) is 17.0. The van der Waals surface area contributed by atoms with E-state index in [1.165, 1.54) is 57.8 Å². The van der Waals surface area contributed by atoms with Gasteiger partial charge in [-0.2, -0.15) is 0 Å². The number of rotatable bonds is 12. The quantitative estimate of drug-likeness (QED) is 0.468. The van der Waals surface area contributed by atoms with Gasteiger partial charge in [0, 0.05) is 11.9 Å². The van der Waals surface area contributed by atoms with Gasteiger partial charge >= 0.3 is 25.8 Å². The van der Waals surface area contributed by atoms with E-state index in [1.807, 2.05) is 0 Å². The summed E-state index contributed by atoms with van der Waals surface area (Å²) in [7, 11) is 0. The summed E-state index contributed by atoms with van der Waals surface area (Å²) >= 11 is 0. The predicted octanol–water partition coefficient (Wildman–Crippen LogP) is 1.81. The van der Waals surface area contributed by atoms with Crippen LogP contribution in [0, 0.1) is 0 Å². The molecule has 0 fully saturated rings. The molecule has 0 aromatic rings. The summed E-state index contributed by atoms with van der Waals surface area (Å²) in [5.74, 6) is -1.99. The van der Waals surface area contributed by atoms with Crippen LogP contribution < -0.4 is 10.2 Å². The third kappa shape index (κ3) is 38.3. The number of carboxylic acid groups (broad SMARTS) is 2. The molecule has 0 spiro atoms. The molecule has 0 aromatic carbocycles. The topological polar surface area (TPSA) is 80.3 Å². The number of aliphatic carboxylic acids is 2. The van der Waals surface area contributed by atoms with Crippen molar-refractivity contribution in [2.24, 2.45) is 0 Å². The van der Waals surface area contributed by atoms with E-state index < -0.39 is 11.9 Å². The van der Waals surface area contributed by atoms with E-state index in [2.05, 4.69) is 6.92 Å². The number of carbonyl (C=O) groups is 2. The van der Waals surface area contributed by atoms with Gasteiger partial charge in [0.2, 0.25) is 0 Å². The summed E-state index contributed by atoms with van der Waals surface area (Å²) in [5.41, 5.74) is 0. The van der Waals surface area contributed by atoms with Gasteiger partial charge in [-0.3, -0.25) is 0 Å². The monoisotopic (exact) mass is 401 g/mol. The second kappa shape index (κ2) is 22.1. The maximum absolute atomic E-state index is 10.1. The van der Waals surface area contributed by atoms with Gasteiger partial charge in [-0.25, -0.2) is 0 Å². The Morgan fingerprint density at radius 1 is 0.714 bits per heavy atom. The molecule has 5 heteroatoms. The van der Waals surface area contributed by atoms with E-state index in [9.17, 15) is 9.90 Å². The van der Waals surface area contributed by atoms with E-state index in [-0.39, 0.29) is 32.3 Å². The first-order valence-corrected chi connectivity index (χ1v) is 7.88. The average Bonchev–Trinajstić information content (AvgIpc) is 2.35. The zero-order valence-electron chi connectivity index (χ0n) is 13.7. The van der Waals surface area contributed by atoms with Crippen LogP contribution in [0.3, 0.4) is 0 Å². The molecule has 0 saturated carbocycles. The van der Waals surface area contributed by atoms with Gasteiger partial charge in [-0.1, -0.05) is 71.1 Å². The minimum atomic E-state index is -1.08. The van der Waals surface area contributed by atoms with Crippen LogP contribution in [0.25, 0.3) is 0 Å². The van der Waals surface area contributed by atoms with Crippen molar-refractivity contribution in [3.63, 3.8) is 0 Å². The molecule has 0 heterocycles. The minimum Gasteiger partial charge on any atom is -0.550 e. The van der Waals surface area contributed by atoms with Gasteiger partial charge < -0.3 is 19.8 Å². The normalized spacial score (nSPS) is 9.24. The van der Waals surface area contributed by atoms with E-state index in [0.29, 0.717) is 0 Å². The Morgan fingerprint density at radius 3 is 1.29 bits per heavy atom. The maximum atomic E-state index is 10.1. The fourth-order valence-corrected chi connectivity index (χ4v) is 1.93. The average molecular weight is 401 g/mol. The van der Waals surface area contributed by atoms with Crippen LogP contribution in [0.2, 0.25) is 0 Å². The maximum Gasteiger partial charge on any atom is 3.00 e. The summed E-state index contributed by atoms with van der Waals surface area (Å²) in [6.07, 6.45) is 14.0. The van der Waals surface area contributed by atoms with Gasteiger partial charge in [-0.05, 0) is 19.8 Å². The van der Waals surface area contributed by atoms with Crippen molar-refractivity contribution in [2.75, 3.05) is 0 Å². The van der Waals surface area contributed by atoms with Gasteiger partial charge in [0.05, 0.1) is 0 Å². The van der Waals surface area contributed by atoms with Crippen molar-refractivity contribution in [1.82, 2.24) is 0 Å². The minimum absolute atomic E-state index is 0. The molecule has 0 amide bonds. The van der Waals surface area contributed by atoms with Crippen LogP contribution in [0.1, 0.15) is 90.9 Å². The molecule has 21 heavy (non-hydrogen) atoms. The van der Waals surface area contributed by atoms with Crippen molar-refractivity contribution in [3.05, 3.63) is 0 Å². The Balaban J connectivity index is -0.000000572. The summed E-state index contributed by atoms with van der Waals surface area (Å²) in [6, 6.07) is 0. The van der Waals surface area contributed by atoms with Gasteiger partial charge in [0.25, 0.3) is 0 Å². The van der Waals surface area contributed by atoms with Crippen LogP contribution in [-0.2, 0) is 9.59 Å². The Kier molecular flexibility index (Phi) is 27.1. The van der Waals surface area contributed by atoms with Crippen LogP contribution in [0.5, 0.6) is 0 Å². The summed E-state index contributed by atoms with van der Waals surface area (Å²) < 4.78 is 0. The molecule has 0 aromatic heterocycles. The summed E-state index contributed by atoms with van der Waals surface area (Å²) in [5, 5.41) is 19.0. The summed E-state index contributed by atoms with van der Waals surface area (Å²) in [6.45, 7) is 3.21. The molecule has 0 unspecified atom stereocenters. The predicted molar refractivity (Wildman–Crippen MR) is 82.5 cm³/mol. The Hall–Kier alpha value is -0.190. The fraction of sp³-hybridized carbons (Fsp3) is 0.875. The third-order valence-corrected chi connectivity index (χ3v) is 2.98. The molecule has 0 atom stereocenters. The third-order valence-electron chi connectivity index (χ3n) is 2.98. The van der Waals surface area contributed by atoms with E-state index in [1.54, 1.807) is 0 Å². The van der Waals surface area contributed by atoms with Gasteiger partial charge in [0.15, 0.2) is 0 Å². The molecule has 0 bridgehead atoms. The van der Waals surface area contributed by atoms with Crippen molar-refractivity contribution in [3.8, 4) is 0 Å². The molecule has 0 radical (unpaired) electrons. The van der Waals surface area contributed by atoms with E-state index >= 15 is 0 Å². The number of carboxylic acids is 2. The first-order valence-electron chi connectivity index (χ1n) is 7.88. The van der Waals surface area contributed by atoms with Crippen LogP contribution in [0.4, 0.5) is 0 Å². The van der Waals surface area contributed by atoms with Gasteiger partial charge in [0.1, 0.15) is 0 Å². The number of hydrogen-bond acceptors (Lipinski definition) is 4. The number of carbonyl (C=O) groups excluding carboxylic acids is 2. The second-order valence-corrected chi connectivity index (χ2v) is 5.15. The van der Waals surface area contributed by atoms with E-state index in [0.717, 1.165) is 19.8 Å². The molecule has 4 nitrogen and oxygen atoms in total. The van der Waals surface area contributed by atoms with E-state index in [4.69, 9.17) is 9.90 Å². The zero-order chi connectivity index (χ0) is 15.6. The first-order chi connectivity index (χ1) is 9.50. The molecule has 0 aliphatic rings. The molecule has 0 aliphatic heterocycles.